The molecule has 4 aromatic rings. The van der Waals surface area contributed by atoms with Crippen LogP contribution in [0.2, 0.25) is 0 Å². The van der Waals surface area contributed by atoms with E-state index in [1.165, 1.54) is 23.7 Å². The zero-order valence-electron chi connectivity index (χ0n) is 21.4. The number of ether oxygens (including phenoxy) is 1. The van der Waals surface area contributed by atoms with E-state index < -0.39 is 0 Å². The van der Waals surface area contributed by atoms with Gasteiger partial charge in [0, 0.05) is 51.4 Å². The number of hydrogen-bond acceptors (Lipinski definition) is 7. The highest BCUT2D eigenvalue weighted by Gasteiger charge is 2.12. The molecule has 2 aromatic carbocycles. The molecule has 0 radical (unpaired) electrons. The minimum Gasteiger partial charge on any atom is -0.493 e. The Balaban J connectivity index is 1.32. The molecule has 0 aliphatic rings. The van der Waals surface area contributed by atoms with Crippen molar-refractivity contribution >= 4 is 16.8 Å². The Kier molecular flexibility index (Phi) is 8.25. The van der Waals surface area contributed by atoms with E-state index in [1.54, 1.807) is 19.2 Å². The van der Waals surface area contributed by atoms with Gasteiger partial charge in [-0.2, -0.15) is 0 Å². The van der Waals surface area contributed by atoms with Crippen LogP contribution in [0.25, 0.3) is 22.3 Å². The van der Waals surface area contributed by atoms with Crippen LogP contribution in [0, 0.1) is 0 Å². The van der Waals surface area contributed by atoms with Gasteiger partial charge in [-0.15, -0.1) is 0 Å². The van der Waals surface area contributed by atoms with Crippen molar-refractivity contribution in [3.05, 3.63) is 91.7 Å². The van der Waals surface area contributed by atoms with Crippen LogP contribution in [-0.4, -0.2) is 46.8 Å². The van der Waals surface area contributed by atoms with Crippen LogP contribution in [0.3, 0.4) is 0 Å². The minimum absolute atomic E-state index is 0.137. The van der Waals surface area contributed by atoms with Crippen LogP contribution < -0.4 is 26.7 Å². The van der Waals surface area contributed by atoms with Crippen molar-refractivity contribution in [3.8, 4) is 17.1 Å². The standard InChI is InChI=1S/C28H32N4O5/c1-4-32(16-14-29-25-19-26(34)31(3)28(35)30(25)2)15-9-17-36-22-12-8-13-23-27(22)21(33)18-24(37-23)20-10-6-5-7-11-20/h5-8,10-13,18-19,29H,4,9,14-17H2,1-3H3. The van der Waals surface area contributed by atoms with Crippen LogP contribution in [0.5, 0.6) is 5.75 Å². The fourth-order valence-electron chi connectivity index (χ4n) is 4.19. The van der Waals surface area contributed by atoms with Gasteiger partial charge >= 0.3 is 5.69 Å². The van der Waals surface area contributed by atoms with Crippen molar-refractivity contribution in [3.63, 3.8) is 0 Å². The van der Waals surface area contributed by atoms with Crippen LogP contribution in [0.4, 0.5) is 5.82 Å². The van der Waals surface area contributed by atoms with Gasteiger partial charge in [0.05, 0.1) is 6.61 Å². The molecular weight excluding hydrogens is 472 g/mol. The summed E-state index contributed by atoms with van der Waals surface area (Å²) in [5.41, 5.74) is 0.503. The van der Waals surface area contributed by atoms with Crippen LogP contribution in [0.1, 0.15) is 13.3 Å². The summed E-state index contributed by atoms with van der Waals surface area (Å²) in [7, 11) is 3.09. The highest BCUT2D eigenvalue weighted by molar-refractivity contribution is 5.84. The van der Waals surface area contributed by atoms with Crippen molar-refractivity contribution in [2.24, 2.45) is 14.1 Å². The molecule has 0 saturated carbocycles. The number of benzene rings is 2. The van der Waals surface area contributed by atoms with E-state index in [0.29, 0.717) is 41.4 Å². The fourth-order valence-corrected chi connectivity index (χ4v) is 4.19. The lowest BCUT2D eigenvalue weighted by Gasteiger charge is -2.21. The summed E-state index contributed by atoms with van der Waals surface area (Å²) in [6, 6.07) is 17.9. The smallest absolute Gasteiger partial charge is 0.332 e. The third kappa shape index (κ3) is 6.00. The molecule has 37 heavy (non-hydrogen) atoms. The van der Waals surface area contributed by atoms with Gasteiger partial charge in [-0.25, -0.2) is 4.79 Å². The normalized spacial score (nSPS) is 11.2. The molecule has 0 saturated heterocycles. The minimum atomic E-state index is -0.363. The molecule has 0 fully saturated rings. The van der Waals surface area contributed by atoms with E-state index in [2.05, 4.69) is 17.1 Å². The molecule has 0 aliphatic carbocycles. The summed E-state index contributed by atoms with van der Waals surface area (Å²) in [4.78, 5) is 39.1. The molecule has 194 valence electrons. The van der Waals surface area contributed by atoms with Gasteiger partial charge in [0.15, 0.2) is 5.43 Å². The Morgan fingerprint density at radius 1 is 0.946 bits per heavy atom. The molecule has 9 heteroatoms. The molecule has 9 nitrogen and oxygen atoms in total. The number of nitrogens with zero attached hydrogens (tertiary/aromatic N) is 3. The average molecular weight is 505 g/mol. The quantitative estimate of drug-likeness (QED) is 0.314. The number of hydrogen-bond donors (Lipinski definition) is 1. The van der Waals surface area contributed by atoms with E-state index in [9.17, 15) is 14.4 Å². The molecule has 0 bridgehead atoms. The molecule has 0 unspecified atom stereocenters. The van der Waals surface area contributed by atoms with Crippen molar-refractivity contribution in [2.75, 3.05) is 38.1 Å². The Bertz CT molecular complexity index is 1540. The Morgan fingerprint density at radius 3 is 2.49 bits per heavy atom. The Morgan fingerprint density at radius 2 is 1.73 bits per heavy atom. The van der Waals surface area contributed by atoms with Gasteiger partial charge < -0.3 is 19.4 Å². The predicted octanol–water partition coefficient (Wildman–Crippen LogP) is 3.06. The van der Waals surface area contributed by atoms with E-state index in [1.807, 2.05) is 36.4 Å². The lowest BCUT2D eigenvalue weighted by Crippen LogP contribution is -2.38. The molecule has 1 N–H and O–H groups in total. The fraction of sp³-hybridized carbons (Fsp3) is 0.321. The lowest BCUT2D eigenvalue weighted by atomic mass is 10.1. The molecule has 2 aromatic heterocycles. The molecule has 2 heterocycles. The van der Waals surface area contributed by atoms with Gasteiger partial charge in [-0.1, -0.05) is 43.3 Å². The second-order valence-corrected chi connectivity index (χ2v) is 8.80. The monoisotopic (exact) mass is 504 g/mol. The Labute approximate surface area is 214 Å². The maximum atomic E-state index is 12.9. The molecule has 0 amide bonds. The summed E-state index contributed by atoms with van der Waals surface area (Å²) in [6.07, 6.45) is 0.766. The second-order valence-electron chi connectivity index (χ2n) is 8.80. The number of likely N-dealkylation sites (N-methyl/N-ethyl adjacent to an activating group) is 1. The van der Waals surface area contributed by atoms with Gasteiger partial charge in [0.25, 0.3) is 5.56 Å². The topological polar surface area (TPSA) is 98.7 Å². The van der Waals surface area contributed by atoms with Crippen LogP contribution in [-0.2, 0) is 14.1 Å². The first-order valence-corrected chi connectivity index (χ1v) is 12.4. The first-order chi connectivity index (χ1) is 17.9. The zero-order chi connectivity index (χ0) is 26.4. The highest BCUT2D eigenvalue weighted by Crippen LogP contribution is 2.27. The van der Waals surface area contributed by atoms with E-state index >= 15 is 0 Å². The average Bonchev–Trinajstić information content (AvgIpc) is 2.91. The largest absolute Gasteiger partial charge is 0.493 e. The SMILES string of the molecule is CCN(CCCOc1cccc2oc(-c3ccccc3)cc(=O)c12)CCNc1cc(=O)n(C)c(=O)n1C. The summed E-state index contributed by atoms with van der Waals surface area (Å²) >= 11 is 0. The summed E-state index contributed by atoms with van der Waals surface area (Å²) in [5, 5.41) is 3.62. The zero-order valence-corrected chi connectivity index (χ0v) is 21.4. The number of nitrogens with one attached hydrogen (secondary N) is 1. The lowest BCUT2D eigenvalue weighted by molar-refractivity contribution is 0.248. The number of aromatic nitrogens is 2. The number of anilines is 1. The maximum absolute atomic E-state index is 12.9. The predicted molar refractivity (Wildman–Crippen MR) is 146 cm³/mol. The maximum Gasteiger partial charge on any atom is 0.332 e. The van der Waals surface area contributed by atoms with Crippen LogP contribution >= 0.6 is 0 Å². The highest BCUT2D eigenvalue weighted by atomic mass is 16.5. The molecule has 0 aliphatic heterocycles. The summed E-state index contributed by atoms with van der Waals surface area (Å²) in [5.74, 6) is 1.54. The Hall–Kier alpha value is -4.11. The third-order valence-electron chi connectivity index (χ3n) is 6.36. The van der Waals surface area contributed by atoms with Crippen molar-refractivity contribution in [1.82, 2.24) is 14.0 Å². The molecular formula is C28H32N4O5. The van der Waals surface area contributed by atoms with Gasteiger partial charge in [0.1, 0.15) is 28.3 Å². The second kappa shape index (κ2) is 11.7. The van der Waals surface area contributed by atoms with E-state index in [4.69, 9.17) is 9.15 Å². The van der Waals surface area contributed by atoms with Crippen molar-refractivity contribution in [1.29, 1.82) is 0 Å². The van der Waals surface area contributed by atoms with E-state index in [-0.39, 0.29) is 16.7 Å². The number of fused-ring (bicyclic) bond motifs is 1. The molecule has 4 rings (SSSR count). The van der Waals surface area contributed by atoms with E-state index in [0.717, 1.165) is 36.2 Å². The first-order valence-electron chi connectivity index (χ1n) is 12.4. The summed E-state index contributed by atoms with van der Waals surface area (Å²) < 4.78 is 14.5. The van der Waals surface area contributed by atoms with Gasteiger partial charge in [-0.05, 0) is 25.1 Å². The first kappa shape index (κ1) is 26.0. The number of rotatable bonds is 11. The van der Waals surface area contributed by atoms with Crippen LogP contribution in [0.15, 0.2) is 79.5 Å². The third-order valence-corrected chi connectivity index (χ3v) is 6.36. The molecule has 0 spiro atoms. The van der Waals surface area contributed by atoms with Crippen molar-refractivity contribution < 1.29 is 9.15 Å². The van der Waals surface area contributed by atoms with Crippen molar-refractivity contribution in [2.45, 2.75) is 13.3 Å². The van der Waals surface area contributed by atoms with Gasteiger partial charge in [0.2, 0.25) is 0 Å². The molecule has 0 atom stereocenters. The summed E-state index contributed by atoms with van der Waals surface area (Å²) in [6.45, 7) is 5.49. The van der Waals surface area contributed by atoms with Gasteiger partial charge in [-0.3, -0.25) is 18.7 Å².